The normalized spacial score (nSPS) is 11.2. The van der Waals surface area contributed by atoms with Crippen LogP contribution in [0.5, 0.6) is 0 Å². The topological polar surface area (TPSA) is 48.8 Å². The van der Waals surface area contributed by atoms with Crippen LogP contribution in [0.25, 0.3) is 10.9 Å². The minimum Gasteiger partial charge on any atom is -0.337 e. The maximum atomic E-state index is 5.83. The van der Waals surface area contributed by atoms with Crippen LogP contribution in [0.3, 0.4) is 0 Å². The minimum atomic E-state index is 0.543. The van der Waals surface area contributed by atoms with Gasteiger partial charge in [0.2, 0.25) is 0 Å². The monoisotopic (exact) mass is 240 g/mol. The van der Waals surface area contributed by atoms with E-state index in [1.54, 1.807) is 0 Å². The van der Waals surface area contributed by atoms with E-state index in [1.165, 1.54) is 10.9 Å². The number of rotatable bonds is 3. The maximum Gasteiger partial charge on any atom is 0.0821 e. The highest BCUT2D eigenvalue weighted by atomic mass is 15.3. The van der Waals surface area contributed by atoms with E-state index in [0.29, 0.717) is 6.54 Å². The van der Waals surface area contributed by atoms with Gasteiger partial charge in [0.15, 0.2) is 0 Å². The zero-order chi connectivity index (χ0) is 12.5. The molecule has 92 valence electrons. The molecule has 0 saturated heterocycles. The quantitative estimate of drug-likeness (QED) is 0.760. The van der Waals surface area contributed by atoms with E-state index in [9.17, 15) is 0 Å². The van der Waals surface area contributed by atoms with E-state index in [4.69, 9.17) is 5.73 Å². The Morgan fingerprint density at radius 1 is 1.22 bits per heavy atom. The number of para-hydroxylation sites is 1. The molecule has 0 aliphatic carbocycles. The Morgan fingerprint density at radius 2 is 2.06 bits per heavy atom. The first-order valence-corrected chi connectivity index (χ1v) is 6.03. The third-order valence-corrected chi connectivity index (χ3v) is 3.19. The molecule has 0 radical (unpaired) electrons. The number of hydrogen-bond donors (Lipinski definition) is 1. The summed E-state index contributed by atoms with van der Waals surface area (Å²) in [4.78, 5) is 0. The zero-order valence-corrected chi connectivity index (χ0v) is 10.4. The van der Waals surface area contributed by atoms with Crippen LogP contribution in [0.4, 0.5) is 0 Å². The van der Waals surface area contributed by atoms with Crippen molar-refractivity contribution in [1.82, 2.24) is 14.3 Å². The van der Waals surface area contributed by atoms with Crippen LogP contribution in [0, 0.1) is 0 Å². The maximum absolute atomic E-state index is 5.83. The van der Waals surface area contributed by atoms with Crippen LogP contribution in [0.1, 0.15) is 11.4 Å². The Balaban J connectivity index is 2.09. The SMILES string of the molecule is Cn1ccc(Cn2c(CN)cc3ccccc32)n1. The fourth-order valence-corrected chi connectivity index (χ4v) is 2.33. The van der Waals surface area contributed by atoms with Crippen LogP contribution in [0.15, 0.2) is 42.6 Å². The average molecular weight is 240 g/mol. The number of aromatic nitrogens is 3. The molecule has 18 heavy (non-hydrogen) atoms. The van der Waals surface area contributed by atoms with Crippen molar-refractivity contribution in [3.05, 3.63) is 54.0 Å². The number of nitrogens with zero attached hydrogens (tertiary/aromatic N) is 3. The summed E-state index contributed by atoms with van der Waals surface area (Å²) >= 11 is 0. The summed E-state index contributed by atoms with van der Waals surface area (Å²) in [5, 5.41) is 5.65. The first-order chi connectivity index (χ1) is 8.78. The van der Waals surface area contributed by atoms with Crippen LogP contribution >= 0.6 is 0 Å². The smallest absolute Gasteiger partial charge is 0.0821 e. The van der Waals surface area contributed by atoms with Gasteiger partial charge in [-0.05, 0) is 23.6 Å². The lowest BCUT2D eigenvalue weighted by Crippen LogP contribution is -2.08. The van der Waals surface area contributed by atoms with Gasteiger partial charge in [0.25, 0.3) is 0 Å². The molecule has 0 spiro atoms. The molecule has 3 rings (SSSR count). The first-order valence-electron chi connectivity index (χ1n) is 6.03. The summed E-state index contributed by atoms with van der Waals surface area (Å²) in [6.07, 6.45) is 1.96. The summed E-state index contributed by atoms with van der Waals surface area (Å²) in [6, 6.07) is 12.5. The molecule has 2 heterocycles. The van der Waals surface area contributed by atoms with Gasteiger partial charge >= 0.3 is 0 Å². The van der Waals surface area contributed by atoms with Gasteiger partial charge in [0.05, 0.1) is 12.2 Å². The molecule has 1 aromatic carbocycles. The highest BCUT2D eigenvalue weighted by Crippen LogP contribution is 2.20. The molecule has 0 saturated carbocycles. The molecule has 0 fully saturated rings. The number of benzene rings is 1. The second kappa shape index (κ2) is 4.31. The van der Waals surface area contributed by atoms with Crippen molar-refractivity contribution in [3.63, 3.8) is 0 Å². The van der Waals surface area contributed by atoms with Crippen molar-refractivity contribution in [2.75, 3.05) is 0 Å². The molecule has 0 amide bonds. The molecular weight excluding hydrogens is 224 g/mol. The Hall–Kier alpha value is -2.07. The van der Waals surface area contributed by atoms with Crippen molar-refractivity contribution in [3.8, 4) is 0 Å². The predicted octanol–water partition coefficient (Wildman–Crippen LogP) is 1.88. The molecule has 0 bridgehead atoms. The van der Waals surface area contributed by atoms with Gasteiger partial charge in [0.1, 0.15) is 0 Å². The summed E-state index contributed by atoms with van der Waals surface area (Å²) < 4.78 is 4.06. The van der Waals surface area contributed by atoms with Gasteiger partial charge in [-0.15, -0.1) is 0 Å². The Labute approximate surface area is 106 Å². The summed E-state index contributed by atoms with van der Waals surface area (Å²) in [5.74, 6) is 0. The Bertz CT molecular complexity index is 678. The molecule has 0 aliphatic rings. The summed E-state index contributed by atoms with van der Waals surface area (Å²) in [6.45, 7) is 1.31. The van der Waals surface area contributed by atoms with Gasteiger partial charge in [0, 0.05) is 31.0 Å². The van der Waals surface area contributed by atoms with E-state index in [-0.39, 0.29) is 0 Å². The fraction of sp³-hybridized carbons (Fsp3) is 0.214. The van der Waals surface area contributed by atoms with Crippen molar-refractivity contribution < 1.29 is 0 Å². The van der Waals surface area contributed by atoms with Crippen LogP contribution in [0.2, 0.25) is 0 Å². The zero-order valence-electron chi connectivity index (χ0n) is 10.4. The van der Waals surface area contributed by atoms with E-state index in [1.807, 2.05) is 30.1 Å². The van der Waals surface area contributed by atoms with Gasteiger partial charge in [-0.2, -0.15) is 5.10 Å². The molecule has 4 heteroatoms. The highest BCUT2D eigenvalue weighted by molar-refractivity contribution is 5.81. The summed E-state index contributed by atoms with van der Waals surface area (Å²) in [5.41, 5.74) is 9.23. The van der Waals surface area contributed by atoms with Crippen LogP contribution in [-0.4, -0.2) is 14.3 Å². The van der Waals surface area contributed by atoms with Crippen LogP contribution in [-0.2, 0) is 20.1 Å². The molecule has 2 aromatic heterocycles. The van der Waals surface area contributed by atoms with E-state index in [0.717, 1.165) is 17.9 Å². The van der Waals surface area contributed by atoms with E-state index >= 15 is 0 Å². The molecule has 0 unspecified atom stereocenters. The highest BCUT2D eigenvalue weighted by Gasteiger charge is 2.08. The second-order valence-corrected chi connectivity index (χ2v) is 4.47. The fourth-order valence-electron chi connectivity index (χ4n) is 2.33. The number of nitrogens with two attached hydrogens (primary N) is 1. The first kappa shape index (κ1) is 11.0. The van der Waals surface area contributed by atoms with E-state index < -0.39 is 0 Å². The number of hydrogen-bond acceptors (Lipinski definition) is 2. The lowest BCUT2D eigenvalue weighted by atomic mass is 10.2. The van der Waals surface area contributed by atoms with Gasteiger partial charge in [-0.25, -0.2) is 0 Å². The van der Waals surface area contributed by atoms with Gasteiger partial charge in [-0.3, -0.25) is 4.68 Å². The molecule has 0 aliphatic heterocycles. The summed E-state index contributed by atoms with van der Waals surface area (Å²) in [7, 11) is 1.93. The van der Waals surface area contributed by atoms with Crippen molar-refractivity contribution in [1.29, 1.82) is 0 Å². The third kappa shape index (κ3) is 1.80. The second-order valence-electron chi connectivity index (χ2n) is 4.47. The predicted molar refractivity (Wildman–Crippen MR) is 72.1 cm³/mol. The van der Waals surface area contributed by atoms with Gasteiger partial charge in [-0.1, -0.05) is 18.2 Å². The third-order valence-electron chi connectivity index (χ3n) is 3.19. The number of fused-ring (bicyclic) bond motifs is 1. The largest absolute Gasteiger partial charge is 0.337 e. The Morgan fingerprint density at radius 3 is 2.78 bits per heavy atom. The van der Waals surface area contributed by atoms with E-state index in [2.05, 4.69) is 33.9 Å². The minimum absolute atomic E-state index is 0.543. The molecule has 3 aromatic rings. The molecule has 4 nitrogen and oxygen atoms in total. The Kier molecular flexibility index (Phi) is 2.64. The molecule has 0 atom stereocenters. The van der Waals surface area contributed by atoms with Crippen molar-refractivity contribution >= 4 is 10.9 Å². The lowest BCUT2D eigenvalue weighted by molar-refractivity contribution is 0.699. The molecule has 2 N–H and O–H groups in total. The van der Waals surface area contributed by atoms with Gasteiger partial charge < -0.3 is 10.3 Å². The molecular formula is C14H16N4. The van der Waals surface area contributed by atoms with Crippen molar-refractivity contribution in [2.24, 2.45) is 12.8 Å². The standard InChI is InChI=1S/C14H16N4/c1-17-7-6-12(16-17)10-18-13(9-15)8-11-4-2-3-5-14(11)18/h2-8H,9-10,15H2,1H3. The average Bonchev–Trinajstić information content (AvgIpc) is 2.94. The van der Waals surface area contributed by atoms with Crippen LogP contribution < -0.4 is 5.73 Å². The number of aryl methyl sites for hydroxylation is 1. The van der Waals surface area contributed by atoms with Crippen molar-refractivity contribution in [2.45, 2.75) is 13.1 Å². The lowest BCUT2D eigenvalue weighted by Gasteiger charge is -2.07.